The molecule has 1 atom stereocenters. The highest BCUT2D eigenvalue weighted by atomic mass is 16.6. The summed E-state index contributed by atoms with van der Waals surface area (Å²) in [6.45, 7) is 2.15. The van der Waals surface area contributed by atoms with Crippen LogP contribution in [0, 0.1) is 10.1 Å². The number of hydrogen-bond donors (Lipinski definition) is 1. The standard InChI is InChI=1S/C13H19NO3/c1-2-3-4-5-6-13(15)11-7-9-12(10-8-11)14(16)17/h7-10,13,15H,2-6H2,1H3. The molecule has 0 radical (unpaired) electrons. The molecule has 0 aliphatic rings. The number of nitrogens with zero attached hydrogens (tertiary/aromatic N) is 1. The molecule has 94 valence electrons. The highest BCUT2D eigenvalue weighted by molar-refractivity contribution is 5.33. The lowest BCUT2D eigenvalue weighted by Crippen LogP contribution is -1.98. The number of unbranched alkanes of at least 4 members (excludes halogenated alkanes) is 3. The fraction of sp³-hybridized carbons (Fsp3) is 0.538. The monoisotopic (exact) mass is 237 g/mol. The van der Waals surface area contributed by atoms with Gasteiger partial charge in [-0.25, -0.2) is 0 Å². The molecule has 0 saturated carbocycles. The molecule has 1 aromatic carbocycles. The average molecular weight is 237 g/mol. The lowest BCUT2D eigenvalue weighted by atomic mass is 10.0. The maximum atomic E-state index is 10.5. The zero-order valence-corrected chi connectivity index (χ0v) is 10.1. The molecule has 0 aromatic heterocycles. The predicted octanol–water partition coefficient (Wildman–Crippen LogP) is 3.60. The van der Waals surface area contributed by atoms with E-state index in [9.17, 15) is 15.2 Å². The lowest BCUT2D eigenvalue weighted by Gasteiger charge is -2.10. The third-order valence-corrected chi connectivity index (χ3v) is 2.82. The van der Waals surface area contributed by atoms with Crippen molar-refractivity contribution in [3.63, 3.8) is 0 Å². The highest BCUT2D eigenvalue weighted by Gasteiger charge is 2.09. The van der Waals surface area contributed by atoms with Crippen molar-refractivity contribution >= 4 is 5.69 Å². The topological polar surface area (TPSA) is 63.4 Å². The van der Waals surface area contributed by atoms with Gasteiger partial charge in [-0.1, -0.05) is 32.6 Å². The van der Waals surface area contributed by atoms with Gasteiger partial charge in [0, 0.05) is 12.1 Å². The van der Waals surface area contributed by atoms with E-state index in [0.29, 0.717) is 0 Å². The van der Waals surface area contributed by atoms with E-state index in [2.05, 4.69) is 6.92 Å². The Labute approximate surface area is 101 Å². The molecule has 0 bridgehead atoms. The van der Waals surface area contributed by atoms with Crippen molar-refractivity contribution in [2.45, 2.75) is 45.1 Å². The second-order valence-electron chi connectivity index (χ2n) is 4.21. The number of aliphatic hydroxyl groups excluding tert-OH is 1. The van der Waals surface area contributed by atoms with Gasteiger partial charge in [-0.3, -0.25) is 10.1 Å². The Hall–Kier alpha value is -1.42. The first-order valence-corrected chi connectivity index (χ1v) is 6.07. The molecule has 0 aliphatic heterocycles. The average Bonchev–Trinajstić information content (AvgIpc) is 2.34. The van der Waals surface area contributed by atoms with E-state index >= 15 is 0 Å². The molecule has 0 saturated heterocycles. The van der Waals surface area contributed by atoms with Crippen LogP contribution in [0.3, 0.4) is 0 Å². The van der Waals surface area contributed by atoms with E-state index in [1.165, 1.54) is 25.0 Å². The maximum Gasteiger partial charge on any atom is 0.269 e. The predicted molar refractivity (Wildman–Crippen MR) is 66.8 cm³/mol. The molecule has 1 rings (SSSR count). The summed E-state index contributed by atoms with van der Waals surface area (Å²) in [7, 11) is 0. The Bertz CT molecular complexity index is 348. The van der Waals surface area contributed by atoms with Crippen LogP contribution in [0.15, 0.2) is 24.3 Å². The third-order valence-electron chi connectivity index (χ3n) is 2.82. The second kappa shape index (κ2) is 7.01. The van der Waals surface area contributed by atoms with Gasteiger partial charge in [-0.2, -0.15) is 0 Å². The largest absolute Gasteiger partial charge is 0.388 e. The molecule has 0 fully saturated rings. The van der Waals surface area contributed by atoms with Crippen molar-refractivity contribution in [2.24, 2.45) is 0 Å². The minimum absolute atomic E-state index is 0.0620. The van der Waals surface area contributed by atoms with Crippen LogP contribution in [0.25, 0.3) is 0 Å². The van der Waals surface area contributed by atoms with Crippen LogP contribution >= 0.6 is 0 Å². The number of nitro benzene ring substituents is 1. The molecule has 1 aromatic rings. The Morgan fingerprint density at radius 3 is 2.41 bits per heavy atom. The zero-order chi connectivity index (χ0) is 12.7. The van der Waals surface area contributed by atoms with Crippen molar-refractivity contribution in [1.29, 1.82) is 0 Å². The summed E-state index contributed by atoms with van der Waals surface area (Å²) < 4.78 is 0. The summed E-state index contributed by atoms with van der Waals surface area (Å²) in [5.41, 5.74) is 0.819. The second-order valence-corrected chi connectivity index (χ2v) is 4.21. The Balaban J connectivity index is 2.46. The van der Waals surface area contributed by atoms with Crippen LogP contribution in [0.4, 0.5) is 5.69 Å². The first-order chi connectivity index (χ1) is 8.15. The number of aliphatic hydroxyl groups is 1. The van der Waals surface area contributed by atoms with E-state index in [0.717, 1.165) is 24.8 Å². The zero-order valence-electron chi connectivity index (χ0n) is 10.1. The molecule has 0 amide bonds. The molecule has 1 unspecified atom stereocenters. The van der Waals surface area contributed by atoms with Gasteiger partial charge in [0.25, 0.3) is 5.69 Å². The Kier molecular flexibility index (Phi) is 5.63. The van der Waals surface area contributed by atoms with Crippen molar-refractivity contribution in [2.75, 3.05) is 0 Å². The van der Waals surface area contributed by atoms with Gasteiger partial charge in [0.2, 0.25) is 0 Å². The van der Waals surface area contributed by atoms with Crippen LogP contribution in [0.2, 0.25) is 0 Å². The normalized spacial score (nSPS) is 12.4. The highest BCUT2D eigenvalue weighted by Crippen LogP contribution is 2.22. The molecule has 17 heavy (non-hydrogen) atoms. The van der Waals surface area contributed by atoms with Crippen LogP contribution in [-0.2, 0) is 0 Å². The van der Waals surface area contributed by atoms with Crippen LogP contribution in [-0.4, -0.2) is 10.0 Å². The van der Waals surface area contributed by atoms with Crippen LogP contribution in [0.5, 0.6) is 0 Å². The van der Waals surface area contributed by atoms with E-state index in [1.807, 2.05) is 0 Å². The molecule has 4 heteroatoms. The van der Waals surface area contributed by atoms with Gasteiger partial charge in [-0.05, 0) is 24.1 Å². The van der Waals surface area contributed by atoms with Gasteiger partial charge in [0.15, 0.2) is 0 Å². The molecule has 1 N–H and O–H groups in total. The van der Waals surface area contributed by atoms with Crippen molar-refractivity contribution < 1.29 is 10.0 Å². The van der Waals surface area contributed by atoms with Crippen molar-refractivity contribution in [3.8, 4) is 0 Å². The quantitative estimate of drug-likeness (QED) is 0.447. The molecular weight excluding hydrogens is 218 g/mol. The number of hydrogen-bond acceptors (Lipinski definition) is 3. The minimum Gasteiger partial charge on any atom is -0.388 e. The molecule has 0 heterocycles. The third kappa shape index (κ3) is 4.53. The van der Waals surface area contributed by atoms with Gasteiger partial charge >= 0.3 is 0 Å². The molecule has 0 aliphatic carbocycles. The summed E-state index contributed by atoms with van der Waals surface area (Å²) >= 11 is 0. The maximum absolute atomic E-state index is 10.5. The fourth-order valence-electron chi connectivity index (χ4n) is 1.75. The number of non-ortho nitro benzene ring substituents is 1. The first kappa shape index (κ1) is 13.6. The van der Waals surface area contributed by atoms with E-state index in [-0.39, 0.29) is 5.69 Å². The smallest absolute Gasteiger partial charge is 0.269 e. The Morgan fingerprint density at radius 2 is 1.88 bits per heavy atom. The van der Waals surface area contributed by atoms with E-state index in [1.54, 1.807) is 12.1 Å². The summed E-state index contributed by atoms with van der Waals surface area (Å²) in [5.74, 6) is 0. The van der Waals surface area contributed by atoms with Gasteiger partial charge in [0.1, 0.15) is 0 Å². The molecular formula is C13H19NO3. The lowest BCUT2D eigenvalue weighted by molar-refractivity contribution is -0.384. The van der Waals surface area contributed by atoms with Gasteiger partial charge < -0.3 is 5.11 Å². The van der Waals surface area contributed by atoms with Crippen LogP contribution in [0.1, 0.15) is 50.7 Å². The summed E-state index contributed by atoms with van der Waals surface area (Å²) in [5, 5.41) is 20.3. The van der Waals surface area contributed by atoms with Crippen molar-refractivity contribution in [1.82, 2.24) is 0 Å². The number of benzene rings is 1. The van der Waals surface area contributed by atoms with Crippen LogP contribution < -0.4 is 0 Å². The molecule has 0 spiro atoms. The summed E-state index contributed by atoms with van der Waals surface area (Å²) in [6, 6.07) is 6.13. The Morgan fingerprint density at radius 1 is 1.24 bits per heavy atom. The summed E-state index contributed by atoms with van der Waals surface area (Å²) in [6.07, 6.45) is 4.69. The first-order valence-electron chi connectivity index (χ1n) is 6.07. The van der Waals surface area contributed by atoms with Crippen molar-refractivity contribution in [3.05, 3.63) is 39.9 Å². The van der Waals surface area contributed by atoms with Gasteiger partial charge in [-0.15, -0.1) is 0 Å². The van der Waals surface area contributed by atoms with E-state index < -0.39 is 11.0 Å². The van der Waals surface area contributed by atoms with Gasteiger partial charge in [0.05, 0.1) is 11.0 Å². The number of nitro groups is 1. The summed E-state index contributed by atoms with van der Waals surface area (Å²) in [4.78, 5) is 10.0. The SMILES string of the molecule is CCCCCCC(O)c1ccc([N+](=O)[O-])cc1. The number of rotatable bonds is 7. The van der Waals surface area contributed by atoms with E-state index in [4.69, 9.17) is 0 Å². The minimum atomic E-state index is -0.507. The fourth-order valence-corrected chi connectivity index (χ4v) is 1.75. The molecule has 4 nitrogen and oxygen atoms in total.